The number of rotatable bonds is 5. The summed E-state index contributed by atoms with van der Waals surface area (Å²) in [5, 5.41) is 3.50. The van der Waals surface area contributed by atoms with Gasteiger partial charge in [0.1, 0.15) is 4.99 Å². The van der Waals surface area contributed by atoms with Crippen LogP contribution in [0, 0.1) is 0 Å². The Hall–Kier alpha value is -1.71. The van der Waals surface area contributed by atoms with Crippen molar-refractivity contribution in [1.82, 2.24) is 10.2 Å². The number of nitrogens with one attached hydrogen (secondary N) is 1. The van der Waals surface area contributed by atoms with Crippen LogP contribution >= 0.6 is 12.2 Å². The second kappa shape index (κ2) is 7.91. The van der Waals surface area contributed by atoms with Crippen molar-refractivity contribution < 1.29 is 0 Å². The summed E-state index contributed by atoms with van der Waals surface area (Å²) in [5.41, 5.74) is 5.41. The van der Waals surface area contributed by atoms with Crippen molar-refractivity contribution in [3.63, 3.8) is 0 Å². The van der Waals surface area contributed by atoms with Crippen LogP contribution < -0.4 is 5.32 Å². The number of hydrogen-bond acceptors (Lipinski definition) is 2. The van der Waals surface area contributed by atoms with Gasteiger partial charge < -0.3 is 5.32 Å². The molecule has 2 nitrogen and oxygen atoms in total. The first kappa shape index (κ1) is 17.1. The standard InChI is InChI=1S/C21H26N2S/c1-3-16-8-7-11-18(12-16)21(24)22-14-20-13-17-9-5-6-10-19(17)15-23(20)4-2/h5-12,20H,3-4,13-15H2,1-2H3,(H,22,24)/t20-/m1/s1. The van der Waals surface area contributed by atoms with Crippen LogP contribution in [0.1, 0.15) is 36.1 Å². The van der Waals surface area contributed by atoms with Gasteiger partial charge in [-0.3, -0.25) is 4.90 Å². The van der Waals surface area contributed by atoms with E-state index in [1.807, 2.05) is 0 Å². The lowest BCUT2D eigenvalue weighted by Gasteiger charge is -2.36. The Balaban J connectivity index is 1.66. The van der Waals surface area contributed by atoms with E-state index in [0.29, 0.717) is 6.04 Å². The van der Waals surface area contributed by atoms with Crippen LogP contribution in [0.5, 0.6) is 0 Å². The lowest BCUT2D eigenvalue weighted by atomic mass is 9.94. The molecule has 1 aliphatic heterocycles. The van der Waals surface area contributed by atoms with Gasteiger partial charge in [-0.2, -0.15) is 0 Å². The van der Waals surface area contributed by atoms with Gasteiger partial charge in [-0.15, -0.1) is 0 Å². The Morgan fingerprint density at radius 1 is 1.12 bits per heavy atom. The average Bonchev–Trinajstić information content (AvgIpc) is 2.65. The first-order valence-corrected chi connectivity index (χ1v) is 9.30. The van der Waals surface area contributed by atoms with E-state index in [0.717, 1.165) is 43.0 Å². The lowest BCUT2D eigenvalue weighted by molar-refractivity contribution is 0.182. The fraction of sp³-hybridized carbons (Fsp3) is 0.381. The molecular formula is C21H26N2S. The molecule has 2 aromatic rings. The molecule has 0 aromatic heterocycles. The van der Waals surface area contributed by atoms with Gasteiger partial charge in [0.05, 0.1) is 0 Å². The van der Waals surface area contributed by atoms with E-state index >= 15 is 0 Å². The number of hydrogen-bond donors (Lipinski definition) is 1. The summed E-state index contributed by atoms with van der Waals surface area (Å²) in [5.74, 6) is 0. The third kappa shape index (κ3) is 3.85. The average molecular weight is 339 g/mol. The minimum atomic E-state index is 0.497. The largest absolute Gasteiger partial charge is 0.374 e. The van der Waals surface area contributed by atoms with Gasteiger partial charge in [0.15, 0.2) is 0 Å². The van der Waals surface area contributed by atoms with Crippen molar-refractivity contribution in [1.29, 1.82) is 0 Å². The molecule has 0 unspecified atom stereocenters. The number of nitrogens with zero attached hydrogens (tertiary/aromatic N) is 1. The van der Waals surface area contributed by atoms with Crippen molar-refractivity contribution in [2.45, 2.75) is 39.3 Å². The fourth-order valence-corrected chi connectivity index (χ4v) is 3.67. The predicted molar refractivity (Wildman–Crippen MR) is 106 cm³/mol. The third-order valence-corrected chi connectivity index (χ3v) is 5.35. The summed E-state index contributed by atoms with van der Waals surface area (Å²) in [4.78, 5) is 3.40. The van der Waals surface area contributed by atoms with Crippen LogP contribution in [-0.4, -0.2) is 29.0 Å². The van der Waals surface area contributed by atoms with E-state index in [1.54, 1.807) is 0 Å². The highest BCUT2D eigenvalue weighted by Crippen LogP contribution is 2.22. The van der Waals surface area contributed by atoms with E-state index in [2.05, 4.69) is 72.6 Å². The Kier molecular flexibility index (Phi) is 5.64. The van der Waals surface area contributed by atoms with Gasteiger partial charge in [-0.1, -0.05) is 68.5 Å². The Bertz CT molecular complexity index is 710. The SMILES string of the molecule is CCc1cccc(C(=S)NC[C@H]2Cc3ccccc3CN2CC)c1. The second-order valence-electron chi connectivity index (χ2n) is 6.45. The molecule has 0 bridgehead atoms. The minimum Gasteiger partial charge on any atom is -0.374 e. The zero-order valence-electron chi connectivity index (χ0n) is 14.6. The van der Waals surface area contributed by atoms with Crippen LogP contribution in [-0.2, 0) is 19.4 Å². The highest BCUT2D eigenvalue weighted by molar-refractivity contribution is 7.80. The second-order valence-corrected chi connectivity index (χ2v) is 6.86. The maximum atomic E-state index is 5.62. The number of likely N-dealkylation sites (N-methyl/N-ethyl adjacent to an activating group) is 1. The molecule has 0 spiro atoms. The summed E-state index contributed by atoms with van der Waals surface area (Å²) in [7, 11) is 0. The van der Waals surface area contributed by atoms with E-state index in [1.165, 1.54) is 16.7 Å². The van der Waals surface area contributed by atoms with Crippen LogP contribution in [0.4, 0.5) is 0 Å². The van der Waals surface area contributed by atoms with Gasteiger partial charge in [0.25, 0.3) is 0 Å². The van der Waals surface area contributed by atoms with Crippen molar-refractivity contribution >= 4 is 17.2 Å². The molecule has 0 saturated carbocycles. The number of thiocarbonyl (C=S) groups is 1. The molecule has 3 rings (SSSR count). The lowest BCUT2D eigenvalue weighted by Crippen LogP contribution is -2.47. The van der Waals surface area contributed by atoms with E-state index in [-0.39, 0.29) is 0 Å². The predicted octanol–water partition coefficient (Wildman–Crippen LogP) is 3.96. The summed E-state index contributed by atoms with van der Waals surface area (Å²) in [6.07, 6.45) is 2.13. The van der Waals surface area contributed by atoms with Crippen LogP contribution in [0.2, 0.25) is 0 Å². The summed E-state index contributed by atoms with van der Waals surface area (Å²) in [6, 6.07) is 17.8. The minimum absolute atomic E-state index is 0.497. The highest BCUT2D eigenvalue weighted by atomic mass is 32.1. The molecule has 0 radical (unpaired) electrons. The monoisotopic (exact) mass is 338 g/mol. The Morgan fingerprint density at radius 2 is 1.92 bits per heavy atom. The zero-order valence-corrected chi connectivity index (χ0v) is 15.4. The molecule has 3 heteroatoms. The molecule has 0 saturated heterocycles. The van der Waals surface area contributed by atoms with Crippen molar-refractivity contribution in [3.05, 3.63) is 70.8 Å². The highest BCUT2D eigenvalue weighted by Gasteiger charge is 2.24. The number of fused-ring (bicyclic) bond motifs is 1. The van der Waals surface area contributed by atoms with E-state index in [4.69, 9.17) is 12.2 Å². The Morgan fingerprint density at radius 3 is 2.67 bits per heavy atom. The molecule has 0 amide bonds. The Labute approximate surface area is 150 Å². The van der Waals surface area contributed by atoms with Gasteiger partial charge in [0, 0.05) is 24.7 Å². The van der Waals surface area contributed by atoms with Gasteiger partial charge in [-0.25, -0.2) is 0 Å². The van der Waals surface area contributed by atoms with Gasteiger partial charge in [0.2, 0.25) is 0 Å². The summed E-state index contributed by atoms with van der Waals surface area (Å²) < 4.78 is 0. The fourth-order valence-electron chi connectivity index (χ4n) is 3.46. The molecule has 126 valence electrons. The van der Waals surface area contributed by atoms with Crippen LogP contribution in [0.15, 0.2) is 48.5 Å². The first-order chi connectivity index (χ1) is 11.7. The maximum Gasteiger partial charge on any atom is 0.106 e. The summed E-state index contributed by atoms with van der Waals surface area (Å²) in [6.45, 7) is 7.42. The van der Waals surface area contributed by atoms with Crippen molar-refractivity contribution in [2.24, 2.45) is 0 Å². The van der Waals surface area contributed by atoms with Crippen LogP contribution in [0.25, 0.3) is 0 Å². The molecule has 0 fully saturated rings. The van der Waals surface area contributed by atoms with E-state index < -0.39 is 0 Å². The third-order valence-electron chi connectivity index (χ3n) is 4.97. The molecule has 0 aliphatic carbocycles. The van der Waals surface area contributed by atoms with Crippen molar-refractivity contribution in [3.8, 4) is 0 Å². The molecule has 1 heterocycles. The molecule has 1 atom stereocenters. The van der Waals surface area contributed by atoms with Crippen molar-refractivity contribution in [2.75, 3.05) is 13.1 Å². The summed E-state index contributed by atoms with van der Waals surface area (Å²) >= 11 is 5.62. The molecular weight excluding hydrogens is 312 g/mol. The van der Waals surface area contributed by atoms with Crippen LogP contribution in [0.3, 0.4) is 0 Å². The molecule has 2 aromatic carbocycles. The quantitative estimate of drug-likeness (QED) is 0.831. The normalized spacial score (nSPS) is 17.3. The van der Waals surface area contributed by atoms with Gasteiger partial charge >= 0.3 is 0 Å². The molecule has 1 N–H and O–H groups in total. The number of benzene rings is 2. The molecule has 24 heavy (non-hydrogen) atoms. The topological polar surface area (TPSA) is 15.3 Å². The van der Waals surface area contributed by atoms with Gasteiger partial charge in [-0.05, 0) is 42.1 Å². The first-order valence-electron chi connectivity index (χ1n) is 8.89. The zero-order chi connectivity index (χ0) is 16.9. The van der Waals surface area contributed by atoms with E-state index in [9.17, 15) is 0 Å². The maximum absolute atomic E-state index is 5.62. The smallest absolute Gasteiger partial charge is 0.106 e. The molecule has 1 aliphatic rings. The number of aryl methyl sites for hydroxylation is 1.